The molecule has 0 unspecified atom stereocenters. The molecule has 2 saturated heterocycles. The highest BCUT2D eigenvalue weighted by Gasteiger charge is 2.43. The van der Waals surface area contributed by atoms with Crippen molar-refractivity contribution in [2.24, 2.45) is 5.92 Å². The summed E-state index contributed by atoms with van der Waals surface area (Å²) in [6.07, 6.45) is 2.81. The highest BCUT2D eigenvalue weighted by atomic mass is 16.3. The highest BCUT2D eigenvalue weighted by molar-refractivity contribution is 5.18. The van der Waals surface area contributed by atoms with Gasteiger partial charge in [-0.25, -0.2) is 0 Å². The molecule has 2 bridgehead atoms. The standard InChI is InChI=1S/C15H20N2O2/c18-12-4-5-16-8-10-6-11(14(16)7-12)9-17-13(10)2-1-3-15(17)19/h1-3,10-12,14,18H,4-9H2/t10-,11-,12+,14-/m1/s1. The van der Waals surface area contributed by atoms with E-state index in [9.17, 15) is 9.90 Å². The smallest absolute Gasteiger partial charge is 0.250 e. The minimum absolute atomic E-state index is 0.136. The molecule has 1 aromatic rings. The third-order valence-electron chi connectivity index (χ3n) is 5.24. The molecule has 19 heavy (non-hydrogen) atoms. The van der Waals surface area contributed by atoms with Gasteiger partial charge < -0.3 is 9.67 Å². The quantitative estimate of drug-likeness (QED) is 0.750. The van der Waals surface area contributed by atoms with E-state index in [0.717, 1.165) is 32.5 Å². The topological polar surface area (TPSA) is 45.5 Å². The number of aliphatic hydroxyl groups is 1. The minimum atomic E-state index is -0.147. The summed E-state index contributed by atoms with van der Waals surface area (Å²) < 4.78 is 1.97. The number of fused-ring (bicyclic) bond motifs is 6. The lowest BCUT2D eigenvalue weighted by molar-refractivity contribution is -0.0247. The van der Waals surface area contributed by atoms with Crippen LogP contribution in [0.25, 0.3) is 0 Å². The summed E-state index contributed by atoms with van der Waals surface area (Å²) in [5, 5.41) is 9.90. The van der Waals surface area contributed by atoms with Crippen LogP contribution in [-0.2, 0) is 6.54 Å². The molecule has 4 rings (SSSR count). The van der Waals surface area contributed by atoms with Gasteiger partial charge in [-0.15, -0.1) is 0 Å². The number of hydrogen-bond donors (Lipinski definition) is 1. The first-order valence-electron chi connectivity index (χ1n) is 7.34. The molecule has 2 fully saturated rings. The lowest BCUT2D eigenvalue weighted by Gasteiger charge is -2.51. The zero-order valence-electron chi connectivity index (χ0n) is 11.0. The SMILES string of the molecule is O=c1cccc2n1C[C@H]1C[C@@H]2CN2CC[C@H](O)C[C@H]12. The van der Waals surface area contributed by atoms with E-state index in [-0.39, 0.29) is 11.7 Å². The zero-order valence-corrected chi connectivity index (χ0v) is 11.0. The Labute approximate surface area is 112 Å². The van der Waals surface area contributed by atoms with Crippen LogP contribution < -0.4 is 5.56 Å². The molecule has 1 aromatic heterocycles. The molecule has 1 N–H and O–H groups in total. The molecule has 4 heteroatoms. The molecule has 0 amide bonds. The van der Waals surface area contributed by atoms with Crippen molar-refractivity contribution < 1.29 is 5.11 Å². The fourth-order valence-corrected chi connectivity index (χ4v) is 4.36. The molecule has 4 nitrogen and oxygen atoms in total. The first-order valence-corrected chi connectivity index (χ1v) is 7.34. The maximum absolute atomic E-state index is 12.0. The van der Waals surface area contributed by atoms with Crippen molar-refractivity contribution in [2.75, 3.05) is 13.1 Å². The third kappa shape index (κ3) is 1.77. The Morgan fingerprint density at radius 3 is 3.00 bits per heavy atom. The normalized spacial score (nSPS) is 37.5. The van der Waals surface area contributed by atoms with Gasteiger partial charge in [-0.1, -0.05) is 6.07 Å². The Morgan fingerprint density at radius 1 is 1.21 bits per heavy atom. The molecule has 102 valence electrons. The average Bonchev–Trinajstić information content (AvgIpc) is 2.41. The second-order valence-electron chi connectivity index (χ2n) is 6.33. The van der Waals surface area contributed by atoms with E-state index in [2.05, 4.69) is 11.0 Å². The number of nitrogens with zero attached hydrogens (tertiary/aromatic N) is 2. The monoisotopic (exact) mass is 260 g/mol. The Bertz CT molecular complexity index is 553. The van der Waals surface area contributed by atoms with E-state index in [1.165, 1.54) is 12.1 Å². The van der Waals surface area contributed by atoms with Gasteiger partial charge in [0.25, 0.3) is 5.56 Å². The first-order chi connectivity index (χ1) is 9.22. The van der Waals surface area contributed by atoms with Gasteiger partial charge in [0.1, 0.15) is 0 Å². The summed E-state index contributed by atoms with van der Waals surface area (Å²) in [4.78, 5) is 14.6. The summed E-state index contributed by atoms with van der Waals surface area (Å²) in [5.41, 5.74) is 1.35. The summed E-state index contributed by atoms with van der Waals surface area (Å²) in [7, 11) is 0. The maximum atomic E-state index is 12.0. The number of piperidine rings is 2. The molecule has 0 radical (unpaired) electrons. The van der Waals surface area contributed by atoms with Gasteiger partial charge >= 0.3 is 0 Å². The lowest BCUT2D eigenvalue weighted by atomic mass is 9.75. The second kappa shape index (κ2) is 4.18. The molecule has 0 saturated carbocycles. The van der Waals surface area contributed by atoms with E-state index in [0.29, 0.717) is 17.9 Å². The molecular formula is C15H20N2O2. The van der Waals surface area contributed by atoms with E-state index in [4.69, 9.17) is 0 Å². The molecule has 0 spiro atoms. The van der Waals surface area contributed by atoms with Gasteiger partial charge in [0.05, 0.1) is 6.10 Å². The van der Waals surface area contributed by atoms with Crippen LogP contribution in [0.4, 0.5) is 0 Å². The van der Waals surface area contributed by atoms with Crippen LogP contribution in [0.5, 0.6) is 0 Å². The number of aromatic nitrogens is 1. The van der Waals surface area contributed by atoms with Gasteiger partial charge in [0.15, 0.2) is 0 Å². The molecule has 3 aliphatic heterocycles. The van der Waals surface area contributed by atoms with Crippen LogP contribution in [0.1, 0.15) is 30.9 Å². The van der Waals surface area contributed by atoms with Gasteiger partial charge in [0.2, 0.25) is 0 Å². The zero-order chi connectivity index (χ0) is 13.0. The summed E-state index contributed by atoms with van der Waals surface area (Å²) in [6.45, 7) is 2.90. The van der Waals surface area contributed by atoms with E-state index in [1.54, 1.807) is 6.07 Å². The molecular weight excluding hydrogens is 240 g/mol. The molecule has 3 aliphatic rings. The van der Waals surface area contributed by atoms with Crippen molar-refractivity contribution >= 4 is 0 Å². The molecule has 0 aromatic carbocycles. The molecule has 0 aliphatic carbocycles. The van der Waals surface area contributed by atoms with Crippen LogP contribution in [0.2, 0.25) is 0 Å². The maximum Gasteiger partial charge on any atom is 0.250 e. The predicted octanol–water partition coefficient (Wildman–Crippen LogP) is 0.791. The Hall–Kier alpha value is -1.13. The van der Waals surface area contributed by atoms with Gasteiger partial charge in [-0.3, -0.25) is 9.69 Å². The Kier molecular flexibility index (Phi) is 2.57. The first kappa shape index (κ1) is 11.7. The lowest BCUT2D eigenvalue weighted by Crippen LogP contribution is -2.56. The van der Waals surface area contributed by atoms with Gasteiger partial charge in [-0.2, -0.15) is 0 Å². The van der Waals surface area contributed by atoms with Crippen molar-refractivity contribution in [3.8, 4) is 0 Å². The van der Waals surface area contributed by atoms with E-state index >= 15 is 0 Å². The second-order valence-corrected chi connectivity index (χ2v) is 6.33. The van der Waals surface area contributed by atoms with Crippen LogP contribution >= 0.6 is 0 Å². The van der Waals surface area contributed by atoms with Crippen molar-refractivity contribution in [1.29, 1.82) is 0 Å². The third-order valence-corrected chi connectivity index (χ3v) is 5.24. The highest BCUT2D eigenvalue weighted by Crippen LogP contribution is 2.41. The van der Waals surface area contributed by atoms with E-state index in [1.807, 2.05) is 10.6 Å². The fourth-order valence-electron chi connectivity index (χ4n) is 4.36. The Balaban J connectivity index is 1.73. The Morgan fingerprint density at radius 2 is 2.11 bits per heavy atom. The average molecular weight is 260 g/mol. The summed E-state index contributed by atoms with van der Waals surface area (Å²) in [6, 6.07) is 6.14. The van der Waals surface area contributed by atoms with Crippen molar-refractivity contribution in [1.82, 2.24) is 9.47 Å². The summed E-state index contributed by atoms with van der Waals surface area (Å²) >= 11 is 0. The van der Waals surface area contributed by atoms with Crippen molar-refractivity contribution in [2.45, 2.75) is 43.9 Å². The van der Waals surface area contributed by atoms with Crippen molar-refractivity contribution in [3.63, 3.8) is 0 Å². The van der Waals surface area contributed by atoms with Crippen LogP contribution in [0.3, 0.4) is 0 Å². The molecule has 4 heterocycles. The van der Waals surface area contributed by atoms with Crippen LogP contribution in [-0.4, -0.2) is 39.8 Å². The number of aliphatic hydroxyl groups excluding tert-OH is 1. The van der Waals surface area contributed by atoms with Gasteiger partial charge in [0, 0.05) is 43.4 Å². The van der Waals surface area contributed by atoms with Gasteiger partial charge in [-0.05, 0) is 31.2 Å². The largest absolute Gasteiger partial charge is 0.393 e. The number of rotatable bonds is 0. The number of hydrogen-bond acceptors (Lipinski definition) is 3. The van der Waals surface area contributed by atoms with Crippen LogP contribution in [0, 0.1) is 5.92 Å². The number of pyridine rings is 1. The summed E-state index contributed by atoms with van der Waals surface area (Å²) in [5.74, 6) is 1.03. The van der Waals surface area contributed by atoms with E-state index < -0.39 is 0 Å². The predicted molar refractivity (Wildman–Crippen MR) is 72.2 cm³/mol. The molecule has 4 atom stereocenters. The van der Waals surface area contributed by atoms with Crippen LogP contribution in [0.15, 0.2) is 23.0 Å². The fraction of sp³-hybridized carbons (Fsp3) is 0.667. The van der Waals surface area contributed by atoms with Crippen molar-refractivity contribution in [3.05, 3.63) is 34.2 Å². The minimum Gasteiger partial charge on any atom is -0.393 e.